The Kier molecular flexibility index (Phi) is 2.92. The van der Waals surface area contributed by atoms with Crippen molar-refractivity contribution >= 4 is 24.4 Å². The van der Waals surface area contributed by atoms with Gasteiger partial charge in [-0.3, -0.25) is 0 Å². The van der Waals surface area contributed by atoms with Gasteiger partial charge in [-0.1, -0.05) is 0 Å². The summed E-state index contributed by atoms with van der Waals surface area (Å²) in [5.41, 5.74) is 0. The van der Waals surface area contributed by atoms with Crippen LogP contribution in [0.4, 0.5) is 5.82 Å². The molecular weight excluding hydrogens is 180 g/mol. The predicted octanol–water partition coefficient (Wildman–Crippen LogP) is -0.400. The third-order valence-electron chi connectivity index (χ3n) is 1.22. The normalized spacial score (nSPS) is 12.4. The van der Waals surface area contributed by atoms with Gasteiger partial charge >= 0.3 is 5.97 Å². The number of nitrogens with zero attached hydrogens (tertiary/aromatic N) is 2. The van der Waals surface area contributed by atoms with Crippen molar-refractivity contribution in [3.63, 3.8) is 0 Å². The van der Waals surface area contributed by atoms with Crippen LogP contribution in [0.15, 0.2) is 6.20 Å². The summed E-state index contributed by atoms with van der Waals surface area (Å²) in [4.78, 5) is 10.5. The number of aliphatic carboxylic acids is 1. The molecule has 0 saturated carbocycles. The van der Waals surface area contributed by atoms with E-state index in [4.69, 9.17) is 5.11 Å². The maximum atomic E-state index is 10.5. The summed E-state index contributed by atoms with van der Waals surface area (Å²) in [6, 6.07) is -0.738. The molecule has 0 amide bonds. The van der Waals surface area contributed by atoms with Crippen LogP contribution >= 0.6 is 12.6 Å². The molecular formula is C5H8N4O2S. The van der Waals surface area contributed by atoms with E-state index in [-0.39, 0.29) is 5.75 Å². The number of anilines is 1. The first kappa shape index (κ1) is 8.85. The lowest BCUT2D eigenvalue weighted by Crippen LogP contribution is -2.30. The Hall–Kier alpha value is -1.24. The monoisotopic (exact) mass is 188 g/mol. The second-order valence-corrected chi connectivity index (χ2v) is 2.44. The fourth-order valence-corrected chi connectivity index (χ4v) is 0.883. The third-order valence-corrected chi connectivity index (χ3v) is 1.58. The minimum atomic E-state index is -0.965. The van der Waals surface area contributed by atoms with Gasteiger partial charge < -0.3 is 10.4 Å². The van der Waals surface area contributed by atoms with Crippen LogP contribution in [0.5, 0.6) is 0 Å². The van der Waals surface area contributed by atoms with Gasteiger partial charge in [0.25, 0.3) is 0 Å². The summed E-state index contributed by atoms with van der Waals surface area (Å²) < 4.78 is 0. The number of aromatic nitrogens is 3. The smallest absolute Gasteiger partial charge is 0.327 e. The summed E-state index contributed by atoms with van der Waals surface area (Å²) >= 11 is 3.86. The van der Waals surface area contributed by atoms with E-state index in [9.17, 15) is 4.79 Å². The fraction of sp³-hybridized carbons (Fsp3) is 0.400. The molecule has 1 rings (SSSR count). The zero-order chi connectivity index (χ0) is 8.97. The van der Waals surface area contributed by atoms with Gasteiger partial charge in [0, 0.05) is 5.75 Å². The topological polar surface area (TPSA) is 90.9 Å². The summed E-state index contributed by atoms with van der Waals surface area (Å²) in [5.74, 6) is -0.369. The van der Waals surface area contributed by atoms with Gasteiger partial charge in [0.1, 0.15) is 6.04 Å². The maximum Gasteiger partial charge on any atom is 0.327 e. The standard InChI is InChI=1S/C5H8N4O2S/c10-5(11)3(2-12)7-4-1-6-9-8-4/h1,3,12H,2H2,(H,10,11)(H2,6,7,8,9)/t3-/m0/s1. The highest BCUT2D eigenvalue weighted by Crippen LogP contribution is 2.01. The van der Waals surface area contributed by atoms with Gasteiger partial charge in [0.2, 0.25) is 0 Å². The number of carbonyl (C=O) groups is 1. The minimum absolute atomic E-state index is 0.197. The van der Waals surface area contributed by atoms with Gasteiger partial charge in [-0.2, -0.15) is 22.9 Å². The van der Waals surface area contributed by atoms with Crippen LogP contribution in [-0.2, 0) is 4.79 Å². The summed E-state index contributed by atoms with van der Waals surface area (Å²) in [5, 5.41) is 20.7. The van der Waals surface area contributed by atoms with Crippen molar-refractivity contribution in [2.75, 3.05) is 11.1 Å². The Morgan fingerprint density at radius 2 is 2.67 bits per heavy atom. The Morgan fingerprint density at radius 3 is 3.08 bits per heavy atom. The predicted molar refractivity (Wildman–Crippen MR) is 45.3 cm³/mol. The molecule has 0 radical (unpaired) electrons. The molecule has 0 aliphatic heterocycles. The van der Waals surface area contributed by atoms with E-state index < -0.39 is 12.0 Å². The van der Waals surface area contributed by atoms with E-state index in [0.717, 1.165) is 0 Å². The van der Waals surface area contributed by atoms with E-state index in [0.29, 0.717) is 5.82 Å². The van der Waals surface area contributed by atoms with Crippen molar-refractivity contribution in [3.05, 3.63) is 6.20 Å². The number of carboxylic acids is 1. The SMILES string of the molecule is O=C(O)[C@H](CS)Nc1cn[nH]n1. The van der Waals surface area contributed by atoms with Crippen LogP contribution in [0.1, 0.15) is 0 Å². The number of rotatable bonds is 4. The average Bonchev–Trinajstić information content (AvgIpc) is 2.51. The van der Waals surface area contributed by atoms with E-state index in [1.807, 2.05) is 0 Å². The van der Waals surface area contributed by atoms with Gasteiger partial charge in [0.05, 0.1) is 6.20 Å². The van der Waals surface area contributed by atoms with Crippen LogP contribution in [0.2, 0.25) is 0 Å². The molecule has 3 N–H and O–H groups in total. The maximum absolute atomic E-state index is 10.5. The molecule has 0 spiro atoms. The Morgan fingerprint density at radius 1 is 1.92 bits per heavy atom. The third kappa shape index (κ3) is 2.12. The first-order chi connectivity index (χ1) is 5.74. The Balaban J connectivity index is 2.54. The van der Waals surface area contributed by atoms with E-state index in [1.54, 1.807) is 0 Å². The summed E-state index contributed by atoms with van der Waals surface area (Å²) in [7, 11) is 0. The molecule has 0 aliphatic carbocycles. The molecule has 66 valence electrons. The number of aromatic amines is 1. The van der Waals surface area contributed by atoms with Gasteiger partial charge in [-0.05, 0) is 0 Å². The van der Waals surface area contributed by atoms with E-state index >= 15 is 0 Å². The molecule has 6 nitrogen and oxygen atoms in total. The number of nitrogens with one attached hydrogen (secondary N) is 2. The lowest BCUT2D eigenvalue weighted by atomic mass is 10.3. The molecule has 1 aromatic heterocycles. The van der Waals surface area contributed by atoms with Gasteiger partial charge in [0.15, 0.2) is 5.82 Å². The fourth-order valence-electron chi connectivity index (χ4n) is 0.635. The van der Waals surface area contributed by atoms with Crippen molar-refractivity contribution < 1.29 is 9.90 Å². The Labute approximate surface area is 73.8 Å². The first-order valence-electron chi connectivity index (χ1n) is 3.20. The zero-order valence-electron chi connectivity index (χ0n) is 6.06. The molecule has 0 aromatic carbocycles. The number of H-pyrrole nitrogens is 1. The van der Waals surface area contributed by atoms with Crippen LogP contribution in [0.25, 0.3) is 0 Å². The molecule has 0 aliphatic rings. The molecule has 0 unspecified atom stereocenters. The largest absolute Gasteiger partial charge is 0.480 e. The molecule has 12 heavy (non-hydrogen) atoms. The van der Waals surface area contributed by atoms with Crippen LogP contribution in [-0.4, -0.2) is 38.3 Å². The molecule has 0 saturated heterocycles. The molecule has 1 atom stereocenters. The van der Waals surface area contributed by atoms with Crippen molar-refractivity contribution in [1.82, 2.24) is 15.4 Å². The highest BCUT2D eigenvalue weighted by atomic mass is 32.1. The molecule has 7 heteroatoms. The highest BCUT2D eigenvalue weighted by molar-refractivity contribution is 7.80. The van der Waals surface area contributed by atoms with Crippen molar-refractivity contribution in [3.8, 4) is 0 Å². The first-order valence-corrected chi connectivity index (χ1v) is 3.83. The molecule has 0 fully saturated rings. The second-order valence-electron chi connectivity index (χ2n) is 2.07. The van der Waals surface area contributed by atoms with E-state index in [2.05, 4.69) is 33.4 Å². The zero-order valence-corrected chi connectivity index (χ0v) is 6.95. The lowest BCUT2D eigenvalue weighted by molar-refractivity contribution is -0.137. The number of thiol groups is 1. The van der Waals surface area contributed by atoms with Crippen molar-refractivity contribution in [2.45, 2.75) is 6.04 Å². The summed E-state index contributed by atoms with van der Waals surface area (Å²) in [6.45, 7) is 0. The lowest BCUT2D eigenvalue weighted by Gasteiger charge is -2.09. The van der Waals surface area contributed by atoms with Gasteiger partial charge in [-0.25, -0.2) is 4.79 Å². The molecule has 0 bridgehead atoms. The van der Waals surface area contributed by atoms with Crippen molar-refractivity contribution in [2.24, 2.45) is 0 Å². The number of hydrogen-bond acceptors (Lipinski definition) is 5. The van der Waals surface area contributed by atoms with Crippen molar-refractivity contribution in [1.29, 1.82) is 0 Å². The minimum Gasteiger partial charge on any atom is -0.480 e. The molecule has 1 aromatic rings. The van der Waals surface area contributed by atoms with E-state index in [1.165, 1.54) is 6.20 Å². The quantitative estimate of drug-likeness (QED) is 0.483. The van der Waals surface area contributed by atoms with Gasteiger partial charge in [-0.15, -0.1) is 5.10 Å². The second kappa shape index (κ2) is 3.96. The van der Waals surface area contributed by atoms with Crippen LogP contribution < -0.4 is 5.32 Å². The molecule has 1 heterocycles. The number of hydrogen-bond donors (Lipinski definition) is 4. The van der Waals surface area contributed by atoms with Crippen LogP contribution in [0.3, 0.4) is 0 Å². The average molecular weight is 188 g/mol. The number of carboxylic acid groups (broad SMARTS) is 1. The highest BCUT2D eigenvalue weighted by Gasteiger charge is 2.15. The Bertz CT molecular complexity index is 250. The van der Waals surface area contributed by atoms with Crippen LogP contribution in [0, 0.1) is 0 Å². The summed E-state index contributed by atoms with van der Waals surface area (Å²) in [6.07, 6.45) is 1.40.